The first kappa shape index (κ1) is 15.7. The summed E-state index contributed by atoms with van der Waals surface area (Å²) in [5, 5.41) is 0. The van der Waals surface area contributed by atoms with Gasteiger partial charge in [-0.1, -0.05) is 37.3 Å². The number of hydrogen-bond acceptors (Lipinski definition) is 2. The van der Waals surface area contributed by atoms with Crippen LogP contribution in [-0.4, -0.2) is 42.4 Å². The Balaban J connectivity index is 3.02. The minimum atomic E-state index is -0.199. The molecule has 0 saturated carbocycles. The van der Waals surface area contributed by atoms with Gasteiger partial charge in [0, 0.05) is 12.6 Å². The molecule has 0 bridgehead atoms. The van der Waals surface area contributed by atoms with Crippen LogP contribution in [0.25, 0.3) is 0 Å². The van der Waals surface area contributed by atoms with E-state index in [0.717, 1.165) is 18.5 Å². The maximum Gasteiger partial charge on any atom is 0.244 e. The molecule has 0 spiro atoms. The van der Waals surface area contributed by atoms with Gasteiger partial charge in [-0.15, -0.1) is 0 Å². The molecule has 1 aromatic rings. The van der Waals surface area contributed by atoms with E-state index in [-0.39, 0.29) is 18.0 Å². The minimum absolute atomic E-state index is 0.188. The first-order chi connectivity index (χ1) is 8.99. The van der Waals surface area contributed by atoms with Crippen LogP contribution in [0.2, 0.25) is 0 Å². The van der Waals surface area contributed by atoms with Crippen molar-refractivity contribution in [3.63, 3.8) is 0 Å². The van der Waals surface area contributed by atoms with Gasteiger partial charge in [-0.2, -0.15) is 0 Å². The van der Waals surface area contributed by atoms with Crippen LogP contribution in [0.1, 0.15) is 38.8 Å². The van der Waals surface area contributed by atoms with Crippen LogP contribution < -0.4 is 0 Å². The largest absolute Gasteiger partial charge is 0.339 e. The summed E-state index contributed by atoms with van der Waals surface area (Å²) in [5.74, 6) is 0.188. The topological polar surface area (TPSA) is 23.6 Å². The standard InChI is InChI=1S/C16H26N2O/c1-6-12-18(13(2)3)16(19)15(17(4)5)14-10-8-7-9-11-14/h7-11,13,15H,6,12H2,1-5H3/t15-/m1/s1. The summed E-state index contributed by atoms with van der Waals surface area (Å²) in [4.78, 5) is 16.8. The maximum absolute atomic E-state index is 12.8. The van der Waals surface area contributed by atoms with Crippen molar-refractivity contribution in [1.29, 1.82) is 0 Å². The fraction of sp³-hybridized carbons (Fsp3) is 0.562. The average Bonchev–Trinajstić information content (AvgIpc) is 2.36. The molecule has 0 aliphatic rings. The Bertz CT molecular complexity index is 387. The number of nitrogens with zero attached hydrogens (tertiary/aromatic N) is 2. The molecule has 1 rings (SSSR count). The van der Waals surface area contributed by atoms with Gasteiger partial charge < -0.3 is 4.90 Å². The number of carbonyl (C=O) groups excluding carboxylic acids is 1. The van der Waals surface area contributed by atoms with Crippen molar-refractivity contribution in [1.82, 2.24) is 9.80 Å². The fourth-order valence-electron chi connectivity index (χ4n) is 2.32. The summed E-state index contributed by atoms with van der Waals surface area (Å²) < 4.78 is 0. The third-order valence-corrected chi connectivity index (χ3v) is 3.24. The van der Waals surface area contributed by atoms with Crippen molar-refractivity contribution in [2.75, 3.05) is 20.6 Å². The Morgan fingerprint density at radius 2 is 1.74 bits per heavy atom. The van der Waals surface area contributed by atoms with E-state index >= 15 is 0 Å². The van der Waals surface area contributed by atoms with Gasteiger partial charge in [0.25, 0.3) is 0 Å². The van der Waals surface area contributed by atoms with Gasteiger partial charge in [-0.3, -0.25) is 9.69 Å². The van der Waals surface area contributed by atoms with E-state index in [0.29, 0.717) is 0 Å². The molecule has 0 fully saturated rings. The maximum atomic E-state index is 12.8. The third-order valence-electron chi connectivity index (χ3n) is 3.24. The molecule has 0 N–H and O–H groups in total. The molecule has 1 atom stereocenters. The fourth-order valence-corrected chi connectivity index (χ4v) is 2.32. The van der Waals surface area contributed by atoms with Gasteiger partial charge in [0.2, 0.25) is 5.91 Å². The van der Waals surface area contributed by atoms with Crippen molar-refractivity contribution < 1.29 is 4.79 Å². The zero-order valence-corrected chi connectivity index (χ0v) is 12.8. The van der Waals surface area contributed by atoms with E-state index in [1.54, 1.807) is 0 Å². The summed E-state index contributed by atoms with van der Waals surface area (Å²) >= 11 is 0. The first-order valence-corrected chi connectivity index (χ1v) is 7.00. The van der Waals surface area contributed by atoms with E-state index in [2.05, 4.69) is 20.8 Å². The van der Waals surface area contributed by atoms with Crippen LogP contribution in [0.5, 0.6) is 0 Å². The molecule has 0 aliphatic carbocycles. The molecule has 0 saturated heterocycles. The Morgan fingerprint density at radius 3 is 2.16 bits per heavy atom. The van der Waals surface area contributed by atoms with Crippen LogP contribution in [-0.2, 0) is 4.79 Å². The molecule has 0 radical (unpaired) electrons. The van der Waals surface area contributed by atoms with E-state index in [1.807, 2.05) is 54.2 Å². The smallest absolute Gasteiger partial charge is 0.244 e. The second-order valence-electron chi connectivity index (χ2n) is 5.40. The zero-order valence-electron chi connectivity index (χ0n) is 12.8. The molecular weight excluding hydrogens is 236 g/mol. The Kier molecular flexibility index (Phi) is 6.03. The molecule has 0 unspecified atom stereocenters. The van der Waals surface area contributed by atoms with Crippen LogP contribution in [0.15, 0.2) is 30.3 Å². The lowest BCUT2D eigenvalue weighted by Gasteiger charge is -2.33. The normalized spacial score (nSPS) is 12.8. The molecule has 0 heterocycles. The lowest BCUT2D eigenvalue weighted by atomic mass is 10.0. The van der Waals surface area contributed by atoms with Gasteiger partial charge in [0.05, 0.1) is 0 Å². The highest BCUT2D eigenvalue weighted by atomic mass is 16.2. The Morgan fingerprint density at radius 1 is 1.16 bits per heavy atom. The van der Waals surface area contributed by atoms with Crippen molar-refractivity contribution >= 4 is 5.91 Å². The van der Waals surface area contributed by atoms with E-state index in [9.17, 15) is 4.79 Å². The van der Waals surface area contributed by atoms with Crippen LogP contribution in [0.3, 0.4) is 0 Å². The first-order valence-electron chi connectivity index (χ1n) is 7.00. The molecule has 3 nitrogen and oxygen atoms in total. The van der Waals surface area contributed by atoms with Crippen LogP contribution in [0, 0.1) is 0 Å². The number of amides is 1. The zero-order chi connectivity index (χ0) is 14.4. The van der Waals surface area contributed by atoms with Gasteiger partial charge >= 0.3 is 0 Å². The van der Waals surface area contributed by atoms with Gasteiger partial charge in [0.15, 0.2) is 0 Å². The van der Waals surface area contributed by atoms with Crippen molar-refractivity contribution in [3.05, 3.63) is 35.9 Å². The predicted octanol–water partition coefficient (Wildman–Crippen LogP) is 2.94. The Labute approximate surface area is 117 Å². The molecule has 3 heteroatoms. The number of rotatable bonds is 6. The molecule has 0 aromatic heterocycles. The highest BCUT2D eigenvalue weighted by Gasteiger charge is 2.28. The summed E-state index contributed by atoms with van der Waals surface area (Å²) in [6, 6.07) is 10.0. The summed E-state index contributed by atoms with van der Waals surface area (Å²) in [6.07, 6.45) is 0.985. The highest BCUT2D eigenvalue weighted by Crippen LogP contribution is 2.22. The molecule has 19 heavy (non-hydrogen) atoms. The minimum Gasteiger partial charge on any atom is -0.339 e. The van der Waals surface area contributed by atoms with Gasteiger partial charge in [-0.05, 0) is 39.9 Å². The molecule has 0 aliphatic heterocycles. The SMILES string of the molecule is CCCN(C(=O)[C@@H](c1ccccc1)N(C)C)C(C)C. The van der Waals surface area contributed by atoms with Gasteiger partial charge in [0.1, 0.15) is 6.04 Å². The van der Waals surface area contributed by atoms with E-state index in [4.69, 9.17) is 0 Å². The highest BCUT2D eigenvalue weighted by molar-refractivity contribution is 5.83. The second kappa shape index (κ2) is 7.29. The van der Waals surface area contributed by atoms with E-state index in [1.165, 1.54) is 0 Å². The summed E-state index contributed by atoms with van der Waals surface area (Å²) in [7, 11) is 3.92. The Hall–Kier alpha value is -1.35. The van der Waals surface area contributed by atoms with Crippen molar-refractivity contribution in [3.8, 4) is 0 Å². The quantitative estimate of drug-likeness (QED) is 0.787. The van der Waals surface area contributed by atoms with Crippen LogP contribution in [0.4, 0.5) is 0 Å². The lowest BCUT2D eigenvalue weighted by molar-refractivity contribution is -0.138. The molecule has 1 amide bonds. The number of hydrogen-bond donors (Lipinski definition) is 0. The van der Waals surface area contributed by atoms with Gasteiger partial charge in [-0.25, -0.2) is 0 Å². The summed E-state index contributed by atoms with van der Waals surface area (Å²) in [5.41, 5.74) is 1.05. The van der Waals surface area contributed by atoms with Crippen molar-refractivity contribution in [2.24, 2.45) is 0 Å². The van der Waals surface area contributed by atoms with Crippen molar-refractivity contribution in [2.45, 2.75) is 39.3 Å². The second-order valence-corrected chi connectivity index (χ2v) is 5.40. The number of carbonyl (C=O) groups is 1. The lowest BCUT2D eigenvalue weighted by Crippen LogP contribution is -2.44. The molecule has 106 valence electrons. The number of likely N-dealkylation sites (N-methyl/N-ethyl adjacent to an activating group) is 1. The monoisotopic (exact) mass is 262 g/mol. The third kappa shape index (κ3) is 4.06. The van der Waals surface area contributed by atoms with Crippen LogP contribution >= 0.6 is 0 Å². The number of benzene rings is 1. The summed E-state index contributed by atoms with van der Waals surface area (Å²) in [6.45, 7) is 7.07. The molecular formula is C16H26N2O. The predicted molar refractivity (Wildman–Crippen MR) is 80.0 cm³/mol. The average molecular weight is 262 g/mol. The van der Waals surface area contributed by atoms with E-state index < -0.39 is 0 Å². The molecule has 1 aromatic carbocycles.